The standard InChI is InChI=1S/C22H18Cl2N2O/c1-14-5-2-3-8-19(14)26-22(13-15-6-4-7-16(23)11-15)18-10-9-17(24)12-20(18)25-21(22)27/h2-12,26H,13H2,1H3,(H,25,27). The van der Waals surface area contributed by atoms with E-state index < -0.39 is 5.54 Å². The lowest BCUT2D eigenvalue weighted by Gasteiger charge is -2.31. The van der Waals surface area contributed by atoms with Crippen LogP contribution in [0.4, 0.5) is 11.4 Å². The Morgan fingerprint density at radius 1 is 0.963 bits per heavy atom. The normalized spacial score (nSPS) is 18.1. The van der Waals surface area contributed by atoms with Crippen molar-refractivity contribution in [3.8, 4) is 0 Å². The molecule has 0 spiro atoms. The summed E-state index contributed by atoms with van der Waals surface area (Å²) in [7, 11) is 0. The molecule has 2 N–H and O–H groups in total. The molecule has 0 radical (unpaired) electrons. The Morgan fingerprint density at radius 3 is 2.52 bits per heavy atom. The smallest absolute Gasteiger partial charge is 0.255 e. The van der Waals surface area contributed by atoms with Gasteiger partial charge in [0.1, 0.15) is 5.54 Å². The van der Waals surface area contributed by atoms with Gasteiger partial charge in [-0.25, -0.2) is 0 Å². The summed E-state index contributed by atoms with van der Waals surface area (Å²) in [5.41, 5.74) is 3.62. The SMILES string of the molecule is Cc1ccccc1NC1(Cc2cccc(Cl)c2)C(=O)Nc2cc(Cl)ccc21. The van der Waals surface area contributed by atoms with Gasteiger partial charge in [0.15, 0.2) is 0 Å². The highest BCUT2D eigenvalue weighted by molar-refractivity contribution is 6.31. The van der Waals surface area contributed by atoms with Crippen molar-refractivity contribution in [1.29, 1.82) is 0 Å². The largest absolute Gasteiger partial charge is 0.367 e. The molecule has 0 saturated carbocycles. The summed E-state index contributed by atoms with van der Waals surface area (Å²) in [6.45, 7) is 2.02. The first-order chi connectivity index (χ1) is 13.0. The van der Waals surface area contributed by atoms with Crippen LogP contribution in [0.25, 0.3) is 0 Å². The van der Waals surface area contributed by atoms with Crippen molar-refractivity contribution in [3.63, 3.8) is 0 Å². The highest BCUT2D eigenvalue weighted by Gasteiger charge is 2.47. The summed E-state index contributed by atoms with van der Waals surface area (Å²) in [5.74, 6) is -0.108. The Balaban J connectivity index is 1.86. The van der Waals surface area contributed by atoms with E-state index in [-0.39, 0.29) is 5.91 Å². The molecule has 0 fully saturated rings. The van der Waals surface area contributed by atoms with Crippen molar-refractivity contribution in [2.45, 2.75) is 18.9 Å². The van der Waals surface area contributed by atoms with Crippen LogP contribution in [-0.4, -0.2) is 5.91 Å². The highest BCUT2D eigenvalue weighted by atomic mass is 35.5. The van der Waals surface area contributed by atoms with Crippen molar-refractivity contribution in [2.24, 2.45) is 0 Å². The summed E-state index contributed by atoms with van der Waals surface area (Å²) in [6, 6.07) is 21.0. The predicted molar refractivity (Wildman–Crippen MR) is 112 cm³/mol. The average molecular weight is 397 g/mol. The van der Waals surface area contributed by atoms with E-state index in [1.54, 1.807) is 6.07 Å². The number of halogens is 2. The van der Waals surface area contributed by atoms with E-state index in [2.05, 4.69) is 10.6 Å². The zero-order valence-corrected chi connectivity index (χ0v) is 16.2. The third-order valence-corrected chi connectivity index (χ3v) is 5.40. The number of rotatable bonds is 4. The molecule has 27 heavy (non-hydrogen) atoms. The Labute approximate surface area is 168 Å². The number of aryl methyl sites for hydroxylation is 1. The quantitative estimate of drug-likeness (QED) is 0.584. The van der Waals surface area contributed by atoms with Gasteiger partial charge < -0.3 is 10.6 Å². The van der Waals surface area contributed by atoms with Gasteiger partial charge in [0.05, 0.1) is 0 Å². The molecule has 1 aliphatic rings. The van der Waals surface area contributed by atoms with Gasteiger partial charge in [-0.05, 0) is 48.4 Å². The third kappa shape index (κ3) is 3.29. The van der Waals surface area contributed by atoms with E-state index in [0.717, 1.165) is 28.1 Å². The Bertz CT molecular complexity index is 1030. The molecule has 1 heterocycles. The van der Waals surface area contributed by atoms with Crippen LogP contribution in [0.1, 0.15) is 16.7 Å². The molecule has 4 rings (SSSR count). The molecule has 3 nitrogen and oxygen atoms in total. The first-order valence-electron chi connectivity index (χ1n) is 8.68. The minimum absolute atomic E-state index is 0.108. The van der Waals surface area contributed by atoms with Crippen LogP contribution in [-0.2, 0) is 16.8 Å². The van der Waals surface area contributed by atoms with Gasteiger partial charge in [-0.3, -0.25) is 4.79 Å². The van der Waals surface area contributed by atoms with Crippen LogP contribution < -0.4 is 10.6 Å². The molecule has 0 aliphatic carbocycles. The maximum absolute atomic E-state index is 13.2. The van der Waals surface area contributed by atoms with Crippen LogP contribution in [0.15, 0.2) is 66.7 Å². The molecule has 5 heteroatoms. The molecule has 1 amide bonds. The summed E-state index contributed by atoms with van der Waals surface area (Å²) in [6.07, 6.45) is 0.461. The number of fused-ring (bicyclic) bond motifs is 1. The fraction of sp³-hybridized carbons (Fsp3) is 0.136. The number of hydrogen-bond donors (Lipinski definition) is 2. The van der Waals surface area contributed by atoms with Gasteiger partial charge in [0, 0.05) is 33.4 Å². The van der Waals surface area contributed by atoms with Gasteiger partial charge in [-0.1, -0.05) is 59.6 Å². The van der Waals surface area contributed by atoms with E-state index in [1.165, 1.54) is 0 Å². The predicted octanol–water partition coefficient (Wildman–Crippen LogP) is 5.80. The molecule has 0 saturated heterocycles. The number of benzene rings is 3. The fourth-order valence-corrected chi connectivity index (χ4v) is 3.97. The van der Waals surface area contributed by atoms with E-state index in [4.69, 9.17) is 23.2 Å². The van der Waals surface area contributed by atoms with Gasteiger partial charge in [-0.15, -0.1) is 0 Å². The zero-order chi connectivity index (χ0) is 19.0. The molecular weight excluding hydrogens is 379 g/mol. The fourth-order valence-electron chi connectivity index (χ4n) is 3.58. The lowest BCUT2D eigenvalue weighted by atomic mass is 9.84. The average Bonchev–Trinajstić information content (AvgIpc) is 2.88. The van der Waals surface area contributed by atoms with Crippen LogP contribution in [0.5, 0.6) is 0 Å². The molecular formula is C22H18Cl2N2O. The van der Waals surface area contributed by atoms with Gasteiger partial charge in [0.2, 0.25) is 0 Å². The van der Waals surface area contributed by atoms with Crippen molar-refractivity contribution in [1.82, 2.24) is 0 Å². The minimum atomic E-state index is -0.948. The number of hydrogen-bond acceptors (Lipinski definition) is 2. The maximum atomic E-state index is 13.2. The Kier molecular flexibility index (Phi) is 4.58. The molecule has 1 unspecified atom stereocenters. The lowest BCUT2D eigenvalue weighted by Crippen LogP contribution is -2.44. The van der Waals surface area contributed by atoms with Crippen LogP contribution >= 0.6 is 23.2 Å². The van der Waals surface area contributed by atoms with Gasteiger partial charge in [-0.2, -0.15) is 0 Å². The Morgan fingerprint density at radius 2 is 1.74 bits per heavy atom. The number of nitrogens with one attached hydrogen (secondary N) is 2. The second kappa shape index (κ2) is 6.91. The second-order valence-corrected chi connectivity index (χ2v) is 7.67. The molecule has 0 bridgehead atoms. The maximum Gasteiger partial charge on any atom is 0.255 e. The molecule has 0 aromatic heterocycles. The van der Waals surface area contributed by atoms with E-state index in [1.807, 2.05) is 67.6 Å². The molecule has 1 atom stereocenters. The van der Waals surface area contributed by atoms with E-state index >= 15 is 0 Å². The number of carbonyl (C=O) groups excluding carboxylic acids is 1. The van der Waals surface area contributed by atoms with Crippen LogP contribution in [0, 0.1) is 6.92 Å². The summed E-state index contributed by atoms with van der Waals surface area (Å²) in [4.78, 5) is 13.2. The minimum Gasteiger partial charge on any atom is -0.367 e. The van der Waals surface area contributed by atoms with Crippen molar-refractivity contribution < 1.29 is 4.79 Å². The topological polar surface area (TPSA) is 41.1 Å². The van der Waals surface area contributed by atoms with Crippen molar-refractivity contribution in [3.05, 3.63) is 93.5 Å². The Hall–Kier alpha value is -2.49. The number of amides is 1. The summed E-state index contributed by atoms with van der Waals surface area (Å²) >= 11 is 12.3. The molecule has 3 aromatic carbocycles. The van der Waals surface area contributed by atoms with Gasteiger partial charge in [0.25, 0.3) is 5.91 Å². The molecule has 136 valence electrons. The summed E-state index contributed by atoms with van der Waals surface area (Å²) < 4.78 is 0. The highest BCUT2D eigenvalue weighted by Crippen LogP contribution is 2.42. The second-order valence-electron chi connectivity index (χ2n) is 6.80. The molecule has 1 aliphatic heterocycles. The van der Waals surface area contributed by atoms with Crippen LogP contribution in [0.3, 0.4) is 0 Å². The zero-order valence-electron chi connectivity index (χ0n) is 14.7. The van der Waals surface area contributed by atoms with Gasteiger partial charge >= 0.3 is 0 Å². The van der Waals surface area contributed by atoms with E-state index in [9.17, 15) is 4.79 Å². The number of anilines is 2. The van der Waals surface area contributed by atoms with E-state index in [0.29, 0.717) is 16.5 Å². The first-order valence-corrected chi connectivity index (χ1v) is 9.43. The summed E-state index contributed by atoms with van der Waals surface area (Å²) in [5, 5.41) is 7.74. The number of carbonyl (C=O) groups is 1. The van der Waals surface area contributed by atoms with Crippen molar-refractivity contribution in [2.75, 3.05) is 10.6 Å². The van der Waals surface area contributed by atoms with Crippen LogP contribution in [0.2, 0.25) is 10.0 Å². The van der Waals surface area contributed by atoms with Crippen molar-refractivity contribution >= 4 is 40.5 Å². The number of para-hydroxylation sites is 1. The third-order valence-electron chi connectivity index (χ3n) is 4.93. The first kappa shape index (κ1) is 17.9. The lowest BCUT2D eigenvalue weighted by molar-refractivity contribution is -0.119. The molecule has 3 aromatic rings. The monoisotopic (exact) mass is 396 g/mol.